The summed E-state index contributed by atoms with van der Waals surface area (Å²) >= 11 is 0. The van der Waals surface area contributed by atoms with Crippen LogP contribution in [-0.4, -0.2) is 0 Å². The van der Waals surface area contributed by atoms with Gasteiger partial charge in [0.25, 0.3) is 0 Å². The fraction of sp³-hybridized carbons (Fsp3) is 1.00. The van der Waals surface area contributed by atoms with Gasteiger partial charge in [-0.25, -0.2) is 0 Å². The molecule has 4 fully saturated rings. The largest absolute Gasteiger partial charge is 0.0628 e. The van der Waals surface area contributed by atoms with E-state index in [1.807, 2.05) is 0 Å². The van der Waals surface area contributed by atoms with Crippen molar-refractivity contribution in [2.45, 2.75) is 142 Å². The van der Waals surface area contributed by atoms with E-state index >= 15 is 0 Å². The molecule has 14 atom stereocenters. The van der Waals surface area contributed by atoms with Gasteiger partial charge in [0.15, 0.2) is 0 Å². The Balaban J connectivity index is 1.71. The van der Waals surface area contributed by atoms with Gasteiger partial charge in [-0.05, 0) is 125 Å². The highest BCUT2D eigenvalue weighted by molar-refractivity contribution is 5.17. The molecule has 0 saturated heterocycles. The fourth-order valence-corrected chi connectivity index (χ4v) is 13.9. The summed E-state index contributed by atoms with van der Waals surface area (Å²) in [7, 11) is 0. The Morgan fingerprint density at radius 1 is 0.763 bits per heavy atom. The van der Waals surface area contributed by atoms with Gasteiger partial charge in [-0.3, -0.25) is 0 Å². The molecule has 0 amide bonds. The van der Waals surface area contributed by atoms with Crippen molar-refractivity contribution in [1.82, 2.24) is 0 Å². The maximum absolute atomic E-state index is 2.80. The van der Waals surface area contributed by atoms with Gasteiger partial charge in [-0.15, -0.1) is 0 Å². The zero-order valence-electron chi connectivity index (χ0n) is 28.5. The van der Waals surface area contributed by atoms with E-state index in [0.29, 0.717) is 16.2 Å². The quantitative estimate of drug-likeness (QED) is 0.323. The molecule has 4 aliphatic rings. The molecule has 0 nitrogen and oxygen atoms in total. The van der Waals surface area contributed by atoms with Gasteiger partial charge >= 0.3 is 0 Å². The van der Waals surface area contributed by atoms with Gasteiger partial charge in [0, 0.05) is 0 Å². The van der Waals surface area contributed by atoms with Gasteiger partial charge < -0.3 is 0 Å². The highest BCUT2D eigenvalue weighted by Crippen LogP contribution is 2.75. The Bertz CT molecular complexity index is 807. The summed E-state index contributed by atoms with van der Waals surface area (Å²) in [5.74, 6) is 12.3. The fourth-order valence-electron chi connectivity index (χ4n) is 13.9. The lowest BCUT2D eigenvalue weighted by Crippen LogP contribution is -2.67. The number of hydrogen-bond donors (Lipinski definition) is 0. The highest BCUT2D eigenvalue weighted by Gasteiger charge is 2.69. The van der Waals surface area contributed by atoms with Crippen LogP contribution in [0.15, 0.2) is 0 Å². The van der Waals surface area contributed by atoms with E-state index < -0.39 is 0 Å². The van der Waals surface area contributed by atoms with E-state index in [9.17, 15) is 0 Å². The lowest BCUT2D eigenvalue weighted by molar-refractivity contribution is -0.251. The van der Waals surface area contributed by atoms with Gasteiger partial charge in [0.05, 0.1) is 0 Å². The minimum absolute atomic E-state index is 0.450. The average Bonchev–Trinajstić information content (AvgIpc) is 2.76. The molecule has 0 spiro atoms. The molecule has 0 radical (unpaired) electrons. The minimum Gasteiger partial charge on any atom is -0.0628 e. The molecule has 4 saturated carbocycles. The molecular formula is C38H70. The second-order valence-corrected chi connectivity index (χ2v) is 18.2. The first kappa shape index (κ1) is 30.9. The molecule has 0 aromatic heterocycles. The molecule has 4 rings (SSSR count). The SMILES string of the molecule is CC(C)CCCC1CC(C(C)C)C2CC3(C)CC4(C)CC(C)C(C(C)C)C(C)C4(C)C(C)C3C(C)C2C1C. The summed E-state index contributed by atoms with van der Waals surface area (Å²) in [6.07, 6.45) is 10.3. The smallest absolute Gasteiger partial charge is 0.0215 e. The lowest BCUT2D eigenvalue weighted by Gasteiger charge is -2.73. The number of hydrogen-bond acceptors (Lipinski definition) is 0. The van der Waals surface area contributed by atoms with E-state index in [4.69, 9.17) is 0 Å². The molecule has 222 valence electrons. The molecule has 0 N–H and O–H groups in total. The van der Waals surface area contributed by atoms with Crippen LogP contribution in [0.1, 0.15) is 142 Å². The standard InChI is InChI=1S/C38H70/c1-22(2)16-15-17-30-18-31(23(3)4)32-20-36(12)21-37(13)19-25(7)33(24(5)6)28(10)38(37,14)29(11)35(36)27(9)34(32)26(30)8/h22-35H,15-21H2,1-14H3. The Morgan fingerprint density at radius 3 is 1.95 bits per heavy atom. The van der Waals surface area contributed by atoms with E-state index in [0.717, 1.165) is 82.9 Å². The molecular weight excluding hydrogens is 456 g/mol. The van der Waals surface area contributed by atoms with E-state index in [-0.39, 0.29) is 0 Å². The summed E-state index contributed by atoms with van der Waals surface area (Å²) in [6, 6.07) is 0. The maximum atomic E-state index is 2.80. The van der Waals surface area contributed by atoms with Crippen molar-refractivity contribution in [1.29, 1.82) is 0 Å². The lowest BCUT2D eigenvalue weighted by atomic mass is 9.31. The van der Waals surface area contributed by atoms with Crippen LogP contribution in [-0.2, 0) is 0 Å². The van der Waals surface area contributed by atoms with Crippen LogP contribution >= 0.6 is 0 Å². The first-order valence-corrected chi connectivity index (χ1v) is 17.5. The van der Waals surface area contributed by atoms with Crippen LogP contribution in [0.3, 0.4) is 0 Å². The van der Waals surface area contributed by atoms with Crippen molar-refractivity contribution in [3.63, 3.8) is 0 Å². The third-order valence-corrected chi connectivity index (χ3v) is 15.2. The zero-order chi connectivity index (χ0) is 28.5. The third-order valence-electron chi connectivity index (χ3n) is 15.2. The van der Waals surface area contributed by atoms with Crippen molar-refractivity contribution in [3.05, 3.63) is 0 Å². The maximum Gasteiger partial charge on any atom is -0.0215 e. The Kier molecular flexibility index (Phi) is 8.70. The van der Waals surface area contributed by atoms with Crippen LogP contribution in [0.2, 0.25) is 0 Å². The Labute approximate surface area is 240 Å². The van der Waals surface area contributed by atoms with Crippen LogP contribution in [0, 0.1) is 99.1 Å². The minimum atomic E-state index is 0.450. The molecule has 0 heteroatoms. The number of fused-ring (bicyclic) bond motifs is 3. The third kappa shape index (κ3) is 4.69. The molecule has 38 heavy (non-hydrogen) atoms. The Hall–Kier alpha value is 0. The molecule has 0 aliphatic heterocycles. The predicted octanol–water partition coefficient (Wildman–Crippen LogP) is 11.6. The first-order valence-electron chi connectivity index (χ1n) is 17.5. The van der Waals surface area contributed by atoms with E-state index in [1.165, 1.54) is 44.9 Å². The van der Waals surface area contributed by atoms with Crippen molar-refractivity contribution >= 4 is 0 Å². The highest BCUT2D eigenvalue weighted by atomic mass is 14.7. The van der Waals surface area contributed by atoms with Crippen LogP contribution < -0.4 is 0 Å². The van der Waals surface area contributed by atoms with Crippen molar-refractivity contribution in [2.24, 2.45) is 99.1 Å². The summed E-state index contributed by atoms with van der Waals surface area (Å²) in [5, 5.41) is 0. The average molecular weight is 527 g/mol. The van der Waals surface area contributed by atoms with Crippen molar-refractivity contribution in [2.75, 3.05) is 0 Å². The normalized spacial score (nSPS) is 53.1. The van der Waals surface area contributed by atoms with Gasteiger partial charge in [-0.1, -0.05) is 116 Å². The van der Waals surface area contributed by atoms with E-state index in [2.05, 4.69) is 96.9 Å². The second-order valence-electron chi connectivity index (χ2n) is 18.2. The van der Waals surface area contributed by atoms with E-state index in [1.54, 1.807) is 0 Å². The molecule has 4 aliphatic carbocycles. The summed E-state index contributed by atoms with van der Waals surface area (Å²) in [4.78, 5) is 0. The molecule has 0 aromatic rings. The first-order chi connectivity index (χ1) is 17.5. The van der Waals surface area contributed by atoms with Crippen LogP contribution in [0.5, 0.6) is 0 Å². The summed E-state index contributed by atoms with van der Waals surface area (Å²) in [5.41, 5.74) is 1.43. The second kappa shape index (κ2) is 10.7. The van der Waals surface area contributed by atoms with Crippen molar-refractivity contribution < 1.29 is 0 Å². The molecule has 0 heterocycles. The summed E-state index contributed by atoms with van der Waals surface area (Å²) < 4.78 is 0. The van der Waals surface area contributed by atoms with Gasteiger partial charge in [-0.2, -0.15) is 0 Å². The topological polar surface area (TPSA) is 0 Å². The predicted molar refractivity (Wildman–Crippen MR) is 168 cm³/mol. The van der Waals surface area contributed by atoms with Gasteiger partial charge in [0.2, 0.25) is 0 Å². The molecule has 0 aromatic carbocycles. The van der Waals surface area contributed by atoms with Gasteiger partial charge in [0.1, 0.15) is 0 Å². The molecule has 14 unspecified atom stereocenters. The van der Waals surface area contributed by atoms with Crippen molar-refractivity contribution in [3.8, 4) is 0 Å². The Morgan fingerprint density at radius 2 is 1.39 bits per heavy atom. The number of rotatable bonds is 6. The van der Waals surface area contributed by atoms with Crippen LogP contribution in [0.4, 0.5) is 0 Å². The monoisotopic (exact) mass is 527 g/mol. The summed E-state index contributed by atoms with van der Waals surface area (Å²) in [6.45, 7) is 36.9. The zero-order valence-corrected chi connectivity index (χ0v) is 28.5. The van der Waals surface area contributed by atoms with Crippen LogP contribution in [0.25, 0.3) is 0 Å². The molecule has 0 bridgehead atoms.